The molecule has 1 heterocycles. The summed E-state index contributed by atoms with van der Waals surface area (Å²) in [6.07, 6.45) is 6.33. The first kappa shape index (κ1) is 11.4. The Morgan fingerprint density at radius 2 is 2.31 bits per heavy atom. The highest BCUT2D eigenvalue weighted by molar-refractivity contribution is 9.10. The molecule has 1 aliphatic rings. The molecule has 6 heteroatoms. The lowest BCUT2D eigenvalue weighted by atomic mass is 10.2. The average Bonchev–Trinajstić information content (AvgIpc) is 2.78. The standard InChI is InChI=1S/C10H15BrN4O/c11-8-5-15(14-10(8)12)6-9(16)13-7-3-1-2-4-7/h5,7H,1-4,6H2,(H2,12,14)(H,13,16). The van der Waals surface area contributed by atoms with E-state index >= 15 is 0 Å². The molecular formula is C10H15BrN4O. The summed E-state index contributed by atoms with van der Waals surface area (Å²) < 4.78 is 2.27. The van der Waals surface area contributed by atoms with Crippen LogP contribution < -0.4 is 11.1 Å². The summed E-state index contributed by atoms with van der Waals surface area (Å²) in [4.78, 5) is 11.7. The number of hydrogen-bond donors (Lipinski definition) is 2. The van der Waals surface area contributed by atoms with Crippen molar-refractivity contribution in [3.8, 4) is 0 Å². The van der Waals surface area contributed by atoms with Crippen LogP contribution in [0, 0.1) is 0 Å². The molecule has 0 saturated heterocycles. The normalized spacial score (nSPS) is 16.6. The van der Waals surface area contributed by atoms with E-state index in [1.54, 1.807) is 10.9 Å². The van der Waals surface area contributed by atoms with Gasteiger partial charge in [0.25, 0.3) is 0 Å². The fraction of sp³-hybridized carbons (Fsp3) is 0.600. The number of nitrogens with zero attached hydrogens (tertiary/aromatic N) is 2. The van der Waals surface area contributed by atoms with Crippen LogP contribution in [-0.4, -0.2) is 21.7 Å². The lowest BCUT2D eigenvalue weighted by Gasteiger charge is -2.11. The number of carbonyl (C=O) groups is 1. The van der Waals surface area contributed by atoms with E-state index < -0.39 is 0 Å². The van der Waals surface area contributed by atoms with Crippen LogP contribution in [0.2, 0.25) is 0 Å². The van der Waals surface area contributed by atoms with Crippen LogP contribution in [0.5, 0.6) is 0 Å². The van der Waals surface area contributed by atoms with Gasteiger partial charge in [-0.1, -0.05) is 12.8 Å². The molecule has 3 N–H and O–H groups in total. The van der Waals surface area contributed by atoms with Gasteiger partial charge in [0.05, 0.1) is 4.47 Å². The molecular weight excluding hydrogens is 272 g/mol. The first-order valence-electron chi connectivity index (χ1n) is 5.43. The molecule has 0 spiro atoms. The predicted molar refractivity (Wildman–Crippen MR) is 64.7 cm³/mol. The van der Waals surface area contributed by atoms with Crippen LogP contribution in [0.4, 0.5) is 5.82 Å². The van der Waals surface area contributed by atoms with Gasteiger partial charge >= 0.3 is 0 Å². The number of amides is 1. The number of nitrogens with two attached hydrogens (primary N) is 1. The van der Waals surface area contributed by atoms with E-state index in [1.807, 2.05) is 0 Å². The zero-order valence-electron chi connectivity index (χ0n) is 8.95. The van der Waals surface area contributed by atoms with Crippen molar-refractivity contribution in [3.63, 3.8) is 0 Å². The van der Waals surface area contributed by atoms with Crippen LogP contribution in [0.3, 0.4) is 0 Å². The Morgan fingerprint density at radius 1 is 1.62 bits per heavy atom. The number of carbonyl (C=O) groups excluding carboxylic acids is 1. The maximum atomic E-state index is 11.7. The van der Waals surface area contributed by atoms with E-state index in [0.29, 0.717) is 11.9 Å². The molecule has 88 valence electrons. The molecule has 0 aliphatic heterocycles. The third-order valence-corrected chi connectivity index (χ3v) is 3.38. The highest BCUT2D eigenvalue weighted by atomic mass is 79.9. The van der Waals surface area contributed by atoms with Crippen LogP contribution in [0.25, 0.3) is 0 Å². The van der Waals surface area contributed by atoms with Gasteiger partial charge in [0.15, 0.2) is 5.82 Å². The van der Waals surface area contributed by atoms with Crippen molar-refractivity contribution < 1.29 is 4.79 Å². The van der Waals surface area contributed by atoms with E-state index in [0.717, 1.165) is 17.3 Å². The second kappa shape index (κ2) is 4.86. The molecule has 2 rings (SSSR count). The van der Waals surface area contributed by atoms with E-state index in [9.17, 15) is 4.79 Å². The van der Waals surface area contributed by atoms with Crippen molar-refractivity contribution in [2.45, 2.75) is 38.3 Å². The monoisotopic (exact) mass is 286 g/mol. The van der Waals surface area contributed by atoms with E-state index in [4.69, 9.17) is 5.73 Å². The second-order valence-electron chi connectivity index (χ2n) is 4.11. The van der Waals surface area contributed by atoms with Gasteiger partial charge in [0.1, 0.15) is 6.54 Å². The molecule has 0 atom stereocenters. The molecule has 1 aromatic heterocycles. The Bertz CT molecular complexity index is 365. The SMILES string of the molecule is Nc1nn(CC(=O)NC2CCCC2)cc1Br. The Morgan fingerprint density at radius 3 is 2.88 bits per heavy atom. The fourth-order valence-electron chi connectivity index (χ4n) is 1.98. The third-order valence-electron chi connectivity index (χ3n) is 2.77. The van der Waals surface area contributed by atoms with Gasteiger partial charge in [-0.3, -0.25) is 9.48 Å². The minimum Gasteiger partial charge on any atom is -0.381 e. The number of anilines is 1. The van der Waals surface area contributed by atoms with Gasteiger partial charge < -0.3 is 11.1 Å². The number of rotatable bonds is 3. The molecule has 1 aliphatic carbocycles. The number of hydrogen-bond acceptors (Lipinski definition) is 3. The van der Waals surface area contributed by atoms with Crippen molar-refractivity contribution in [2.75, 3.05) is 5.73 Å². The fourth-order valence-corrected chi connectivity index (χ4v) is 2.30. The molecule has 0 unspecified atom stereocenters. The van der Waals surface area contributed by atoms with Crippen LogP contribution in [-0.2, 0) is 11.3 Å². The predicted octanol–water partition coefficient (Wildman–Crippen LogP) is 1.29. The molecule has 5 nitrogen and oxygen atoms in total. The summed E-state index contributed by atoms with van der Waals surface area (Å²) in [6, 6.07) is 0.351. The van der Waals surface area contributed by atoms with Gasteiger partial charge in [0.2, 0.25) is 5.91 Å². The van der Waals surface area contributed by atoms with Crippen molar-refractivity contribution >= 4 is 27.7 Å². The summed E-state index contributed by atoms with van der Waals surface area (Å²) >= 11 is 3.25. The summed E-state index contributed by atoms with van der Waals surface area (Å²) in [5.41, 5.74) is 5.57. The zero-order chi connectivity index (χ0) is 11.5. The van der Waals surface area contributed by atoms with Gasteiger partial charge in [-0.05, 0) is 28.8 Å². The quantitative estimate of drug-likeness (QED) is 0.879. The maximum Gasteiger partial charge on any atom is 0.241 e. The van der Waals surface area contributed by atoms with E-state index in [2.05, 4.69) is 26.3 Å². The molecule has 0 radical (unpaired) electrons. The molecule has 0 aromatic carbocycles. The number of aromatic nitrogens is 2. The topological polar surface area (TPSA) is 72.9 Å². The maximum absolute atomic E-state index is 11.7. The molecule has 16 heavy (non-hydrogen) atoms. The summed E-state index contributed by atoms with van der Waals surface area (Å²) in [7, 11) is 0. The molecule has 1 amide bonds. The van der Waals surface area contributed by atoms with Gasteiger partial charge in [-0.25, -0.2) is 0 Å². The summed E-state index contributed by atoms with van der Waals surface area (Å²) in [6.45, 7) is 0.228. The van der Waals surface area contributed by atoms with E-state index in [-0.39, 0.29) is 12.5 Å². The molecule has 0 bridgehead atoms. The molecule has 1 aromatic rings. The van der Waals surface area contributed by atoms with Crippen molar-refractivity contribution in [3.05, 3.63) is 10.7 Å². The highest BCUT2D eigenvalue weighted by Gasteiger charge is 2.17. The number of nitrogens with one attached hydrogen (secondary N) is 1. The van der Waals surface area contributed by atoms with Crippen molar-refractivity contribution in [2.24, 2.45) is 0 Å². The Balaban J connectivity index is 1.86. The average molecular weight is 287 g/mol. The van der Waals surface area contributed by atoms with Gasteiger partial charge in [0, 0.05) is 12.2 Å². The molecule has 1 saturated carbocycles. The second-order valence-corrected chi connectivity index (χ2v) is 4.96. The summed E-state index contributed by atoms with van der Waals surface area (Å²) in [5, 5.41) is 7.01. The van der Waals surface area contributed by atoms with Crippen LogP contribution in [0.15, 0.2) is 10.7 Å². The lowest BCUT2D eigenvalue weighted by Crippen LogP contribution is -2.35. The highest BCUT2D eigenvalue weighted by Crippen LogP contribution is 2.18. The van der Waals surface area contributed by atoms with Crippen molar-refractivity contribution in [1.82, 2.24) is 15.1 Å². The Hall–Kier alpha value is -1.04. The first-order valence-corrected chi connectivity index (χ1v) is 6.22. The van der Waals surface area contributed by atoms with Crippen molar-refractivity contribution in [1.29, 1.82) is 0 Å². The Kier molecular flexibility index (Phi) is 3.48. The number of nitrogen functional groups attached to an aromatic ring is 1. The summed E-state index contributed by atoms with van der Waals surface area (Å²) in [5.74, 6) is 0.413. The number of halogens is 1. The minimum atomic E-state index is 0.00176. The first-order chi connectivity index (χ1) is 7.65. The lowest BCUT2D eigenvalue weighted by molar-refractivity contribution is -0.122. The molecule has 1 fully saturated rings. The third kappa shape index (κ3) is 2.75. The van der Waals surface area contributed by atoms with Crippen LogP contribution >= 0.6 is 15.9 Å². The van der Waals surface area contributed by atoms with E-state index in [1.165, 1.54) is 12.8 Å². The minimum absolute atomic E-state index is 0.00176. The Labute approximate surface area is 103 Å². The van der Waals surface area contributed by atoms with Gasteiger partial charge in [-0.2, -0.15) is 5.10 Å². The largest absolute Gasteiger partial charge is 0.381 e. The van der Waals surface area contributed by atoms with Crippen LogP contribution in [0.1, 0.15) is 25.7 Å². The van der Waals surface area contributed by atoms with Gasteiger partial charge in [-0.15, -0.1) is 0 Å². The smallest absolute Gasteiger partial charge is 0.241 e. The zero-order valence-corrected chi connectivity index (χ0v) is 10.5.